The molecule has 1 saturated heterocycles. The molecule has 2 amide bonds. The summed E-state index contributed by atoms with van der Waals surface area (Å²) in [5.74, 6) is 0.295. The molecule has 0 radical (unpaired) electrons. The number of nitrogens with one attached hydrogen (secondary N) is 1. The average molecular weight is 314 g/mol. The standard InChI is InChI=1S/C19H26N2O2/c1-14(15-7-3-2-4-8-15)12-20-19(23)16-11-18(22)21(13-16)17-9-5-6-10-17/h2-4,7-8,14,16-17H,5-6,9-13H2,1H3,(H,20,23). The van der Waals surface area contributed by atoms with Crippen molar-refractivity contribution in [3.8, 4) is 0 Å². The maximum absolute atomic E-state index is 12.4. The molecule has 1 aromatic carbocycles. The van der Waals surface area contributed by atoms with Crippen molar-refractivity contribution in [1.82, 2.24) is 10.2 Å². The summed E-state index contributed by atoms with van der Waals surface area (Å²) in [4.78, 5) is 26.5. The Morgan fingerprint density at radius 3 is 2.65 bits per heavy atom. The van der Waals surface area contributed by atoms with Gasteiger partial charge in [-0.2, -0.15) is 0 Å². The molecule has 4 heteroatoms. The van der Waals surface area contributed by atoms with E-state index in [-0.39, 0.29) is 23.7 Å². The van der Waals surface area contributed by atoms with Gasteiger partial charge in [-0.25, -0.2) is 0 Å². The Balaban J connectivity index is 1.50. The van der Waals surface area contributed by atoms with Crippen LogP contribution in [0.1, 0.15) is 50.5 Å². The van der Waals surface area contributed by atoms with E-state index in [0.717, 1.165) is 12.8 Å². The van der Waals surface area contributed by atoms with Crippen molar-refractivity contribution in [2.24, 2.45) is 5.92 Å². The van der Waals surface area contributed by atoms with Crippen LogP contribution in [0.5, 0.6) is 0 Å². The summed E-state index contributed by atoms with van der Waals surface area (Å²) in [7, 11) is 0. The van der Waals surface area contributed by atoms with E-state index >= 15 is 0 Å². The number of carbonyl (C=O) groups is 2. The molecule has 23 heavy (non-hydrogen) atoms. The highest BCUT2D eigenvalue weighted by Gasteiger charge is 2.38. The Kier molecular flexibility index (Phi) is 4.99. The second-order valence-electron chi connectivity index (χ2n) is 6.94. The monoisotopic (exact) mass is 314 g/mol. The summed E-state index contributed by atoms with van der Waals surface area (Å²) in [5, 5.41) is 3.04. The predicted octanol–water partition coefficient (Wildman–Crippen LogP) is 2.70. The molecule has 1 saturated carbocycles. The fraction of sp³-hybridized carbons (Fsp3) is 0.579. The van der Waals surface area contributed by atoms with Gasteiger partial charge in [0.25, 0.3) is 0 Å². The molecule has 1 aliphatic heterocycles. The molecular weight excluding hydrogens is 288 g/mol. The summed E-state index contributed by atoms with van der Waals surface area (Å²) in [6.45, 7) is 3.34. The molecular formula is C19H26N2O2. The Labute approximate surface area is 138 Å². The number of benzene rings is 1. The van der Waals surface area contributed by atoms with E-state index in [9.17, 15) is 9.59 Å². The average Bonchev–Trinajstić information content (AvgIpc) is 3.22. The number of rotatable bonds is 5. The zero-order valence-electron chi connectivity index (χ0n) is 13.8. The van der Waals surface area contributed by atoms with Crippen molar-refractivity contribution < 1.29 is 9.59 Å². The zero-order chi connectivity index (χ0) is 16.2. The number of carbonyl (C=O) groups excluding carboxylic acids is 2. The van der Waals surface area contributed by atoms with Crippen LogP contribution < -0.4 is 5.32 Å². The molecule has 1 N–H and O–H groups in total. The van der Waals surface area contributed by atoms with Crippen molar-refractivity contribution in [2.45, 2.75) is 51.0 Å². The van der Waals surface area contributed by atoms with Gasteiger partial charge in [-0.3, -0.25) is 9.59 Å². The van der Waals surface area contributed by atoms with Gasteiger partial charge in [0.05, 0.1) is 5.92 Å². The molecule has 2 atom stereocenters. The van der Waals surface area contributed by atoms with Crippen LogP contribution in [0, 0.1) is 5.92 Å². The van der Waals surface area contributed by atoms with Crippen molar-refractivity contribution in [3.63, 3.8) is 0 Å². The SMILES string of the molecule is CC(CNC(=O)C1CC(=O)N(C2CCCC2)C1)c1ccccc1. The number of hydrogen-bond acceptors (Lipinski definition) is 2. The largest absolute Gasteiger partial charge is 0.355 e. The van der Waals surface area contributed by atoms with Gasteiger partial charge in [0, 0.05) is 25.6 Å². The van der Waals surface area contributed by atoms with E-state index in [0.29, 0.717) is 25.6 Å². The lowest BCUT2D eigenvalue weighted by Gasteiger charge is -2.24. The van der Waals surface area contributed by atoms with Gasteiger partial charge < -0.3 is 10.2 Å². The molecule has 0 bridgehead atoms. The third kappa shape index (κ3) is 3.74. The van der Waals surface area contributed by atoms with E-state index in [1.54, 1.807) is 0 Å². The van der Waals surface area contributed by atoms with E-state index < -0.39 is 0 Å². The predicted molar refractivity (Wildman–Crippen MR) is 89.9 cm³/mol. The second-order valence-corrected chi connectivity index (χ2v) is 6.94. The first-order valence-electron chi connectivity index (χ1n) is 8.77. The lowest BCUT2D eigenvalue weighted by Crippen LogP contribution is -2.37. The summed E-state index contributed by atoms with van der Waals surface area (Å²) >= 11 is 0. The van der Waals surface area contributed by atoms with Crippen LogP contribution in [0.3, 0.4) is 0 Å². The van der Waals surface area contributed by atoms with Gasteiger partial charge in [-0.15, -0.1) is 0 Å². The number of nitrogens with zero attached hydrogens (tertiary/aromatic N) is 1. The van der Waals surface area contributed by atoms with E-state index in [4.69, 9.17) is 0 Å². The van der Waals surface area contributed by atoms with E-state index in [2.05, 4.69) is 24.4 Å². The van der Waals surface area contributed by atoms with Crippen LogP contribution >= 0.6 is 0 Å². The molecule has 3 rings (SSSR count). The van der Waals surface area contributed by atoms with Crippen molar-refractivity contribution in [3.05, 3.63) is 35.9 Å². The van der Waals surface area contributed by atoms with Gasteiger partial charge in [-0.1, -0.05) is 50.1 Å². The van der Waals surface area contributed by atoms with Gasteiger partial charge in [0.2, 0.25) is 11.8 Å². The Bertz CT molecular complexity index is 552. The maximum atomic E-state index is 12.4. The summed E-state index contributed by atoms with van der Waals surface area (Å²) < 4.78 is 0. The molecule has 2 unspecified atom stereocenters. The second kappa shape index (κ2) is 7.16. The molecule has 0 spiro atoms. The van der Waals surface area contributed by atoms with Crippen molar-refractivity contribution >= 4 is 11.8 Å². The molecule has 4 nitrogen and oxygen atoms in total. The fourth-order valence-electron chi connectivity index (χ4n) is 3.77. The van der Waals surface area contributed by atoms with Crippen LogP contribution in [0.2, 0.25) is 0 Å². The minimum atomic E-state index is -0.175. The van der Waals surface area contributed by atoms with Crippen LogP contribution in [0.15, 0.2) is 30.3 Å². The normalized spacial score (nSPS) is 23.3. The number of likely N-dealkylation sites (tertiary alicyclic amines) is 1. The van der Waals surface area contributed by atoms with Crippen molar-refractivity contribution in [2.75, 3.05) is 13.1 Å². The lowest BCUT2D eigenvalue weighted by atomic mass is 10.0. The van der Waals surface area contributed by atoms with E-state index in [1.165, 1.54) is 18.4 Å². The highest BCUT2D eigenvalue weighted by atomic mass is 16.2. The quantitative estimate of drug-likeness (QED) is 0.908. The van der Waals surface area contributed by atoms with Gasteiger partial charge in [-0.05, 0) is 24.3 Å². The number of amides is 2. The highest BCUT2D eigenvalue weighted by Crippen LogP contribution is 2.29. The Hall–Kier alpha value is -1.84. The molecule has 1 aromatic rings. The maximum Gasteiger partial charge on any atom is 0.225 e. The van der Waals surface area contributed by atoms with Crippen molar-refractivity contribution in [1.29, 1.82) is 0 Å². The summed E-state index contributed by atoms with van der Waals surface area (Å²) in [5.41, 5.74) is 1.22. The van der Waals surface area contributed by atoms with Crippen LogP contribution in [-0.4, -0.2) is 35.8 Å². The summed E-state index contributed by atoms with van der Waals surface area (Å²) in [6, 6.07) is 10.6. The fourth-order valence-corrected chi connectivity index (χ4v) is 3.77. The lowest BCUT2D eigenvalue weighted by molar-refractivity contribution is -0.130. The third-order valence-corrected chi connectivity index (χ3v) is 5.25. The zero-order valence-corrected chi connectivity index (χ0v) is 13.8. The van der Waals surface area contributed by atoms with E-state index in [1.807, 2.05) is 23.1 Å². The first-order valence-corrected chi connectivity index (χ1v) is 8.77. The third-order valence-electron chi connectivity index (χ3n) is 5.25. The first-order chi connectivity index (χ1) is 11.1. The molecule has 2 fully saturated rings. The first kappa shape index (κ1) is 16.0. The topological polar surface area (TPSA) is 49.4 Å². The smallest absolute Gasteiger partial charge is 0.225 e. The molecule has 124 valence electrons. The van der Waals surface area contributed by atoms with Gasteiger partial charge in [0.1, 0.15) is 0 Å². The molecule has 0 aromatic heterocycles. The Morgan fingerprint density at radius 1 is 1.26 bits per heavy atom. The minimum absolute atomic E-state index is 0.0293. The minimum Gasteiger partial charge on any atom is -0.355 e. The molecule has 1 heterocycles. The molecule has 2 aliphatic rings. The molecule has 1 aliphatic carbocycles. The van der Waals surface area contributed by atoms with Crippen LogP contribution in [0.4, 0.5) is 0 Å². The van der Waals surface area contributed by atoms with Crippen LogP contribution in [0.25, 0.3) is 0 Å². The van der Waals surface area contributed by atoms with Crippen LogP contribution in [-0.2, 0) is 9.59 Å². The van der Waals surface area contributed by atoms with Gasteiger partial charge in [0.15, 0.2) is 0 Å². The van der Waals surface area contributed by atoms with Gasteiger partial charge >= 0.3 is 0 Å². The Morgan fingerprint density at radius 2 is 1.96 bits per heavy atom. The number of hydrogen-bond donors (Lipinski definition) is 1. The summed E-state index contributed by atoms with van der Waals surface area (Å²) in [6.07, 6.45) is 5.00. The highest BCUT2D eigenvalue weighted by molar-refractivity contribution is 5.89.